The SMILES string of the molecule is CC(C)(C)NCc1cc(C(N)=O)ccc1F. The van der Waals surface area contributed by atoms with Gasteiger partial charge >= 0.3 is 0 Å². The van der Waals surface area contributed by atoms with Crippen molar-refractivity contribution in [1.29, 1.82) is 0 Å². The molecule has 4 heteroatoms. The van der Waals surface area contributed by atoms with Crippen LogP contribution in [0.4, 0.5) is 4.39 Å². The van der Waals surface area contributed by atoms with E-state index in [-0.39, 0.29) is 11.4 Å². The fraction of sp³-hybridized carbons (Fsp3) is 0.417. The zero-order chi connectivity index (χ0) is 12.3. The molecule has 3 N–H and O–H groups in total. The van der Waals surface area contributed by atoms with Gasteiger partial charge in [0.05, 0.1) is 0 Å². The van der Waals surface area contributed by atoms with Gasteiger partial charge in [0, 0.05) is 23.2 Å². The number of amides is 1. The van der Waals surface area contributed by atoms with Gasteiger partial charge in [-0.2, -0.15) is 0 Å². The monoisotopic (exact) mass is 224 g/mol. The van der Waals surface area contributed by atoms with E-state index in [0.29, 0.717) is 17.7 Å². The first-order valence-corrected chi connectivity index (χ1v) is 5.13. The van der Waals surface area contributed by atoms with Crippen LogP contribution in [0.1, 0.15) is 36.7 Å². The maximum absolute atomic E-state index is 13.4. The Morgan fingerprint density at radius 2 is 2.06 bits per heavy atom. The maximum Gasteiger partial charge on any atom is 0.248 e. The van der Waals surface area contributed by atoms with Gasteiger partial charge in [-0.3, -0.25) is 4.79 Å². The van der Waals surface area contributed by atoms with E-state index in [4.69, 9.17) is 5.73 Å². The van der Waals surface area contributed by atoms with Crippen molar-refractivity contribution in [2.45, 2.75) is 32.9 Å². The number of benzene rings is 1. The molecule has 3 nitrogen and oxygen atoms in total. The van der Waals surface area contributed by atoms with Crippen molar-refractivity contribution in [3.63, 3.8) is 0 Å². The second-order valence-corrected chi connectivity index (χ2v) is 4.77. The predicted octanol–water partition coefficient (Wildman–Crippen LogP) is 1.81. The van der Waals surface area contributed by atoms with Gasteiger partial charge in [0.15, 0.2) is 0 Å². The van der Waals surface area contributed by atoms with Gasteiger partial charge in [-0.05, 0) is 39.0 Å². The lowest BCUT2D eigenvalue weighted by Crippen LogP contribution is -2.35. The maximum atomic E-state index is 13.4. The number of halogens is 1. The molecule has 1 amide bonds. The Bertz CT molecular complexity index is 396. The molecular formula is C12H17FN2O. The van der Waals surface area contributed by atoms with Crippen molar-refractivity contribution in [1.82, 2.24) is 5.32 Å². The van der Waals surface area contributed by atoms with Crippen LogP contribution in [0.5, 0.6) is 0 Å². The molecule has 0 heterocycles. The molecule has 0 saturated heterocycles. The molecule has 0 unspecified atom stereocenters. The van der Waals surface area contributed by atoms with E-state index < -0.39 is 5.91 Å². The average Bonchev–Trinajstić information content (AvgIpc) is 2.14. The van der Waals surface area contributed by atoms with Crippen LogP contribution in [0, 0.1) is 5.82 Å². The first-order valence-electron chi connectivity index (χ1n) is 5.13. The van der Waals surface area contributed by atoms with Crippen molar-refractivity contribution >= 4 is 5.91 Å². The summed E-state index contributed by atoms with van der Waals surface area (Å²) in [7, 11) is 0. The lowest BCUT2D eigenvalue weighted by atomic mass is 10.1. The van der Waals surface area contributed by atoms with E-state index in [2.05, 4.69) is 5.32 Å². The second kappa shape index (κ2) is 4.61. The van der Waals surface area contributed by atoms with Crippen molar-refractivity contribution in [2.24, 2.45) is 5.73 Å². The zero-order valence-electron chi connectivity index (χ0n) is 9.80. The molecule has 0 bridgehead atoms. The minimum absolute atomic E-state index is 0.102. The summed E-state index contributed by atoms with van der Waals surface area (Å²) in [5, 5.41) is 3.15. The fourth-order valence-electron chi connectivity index (χ4n) is 1.22. The number of hydrogen-bond acceptors (Lipinski definition) is 2. The van der Waals surface area contributed by atoms with E-state index in [1.54, 1.807) is 0 Å². The lowest BCUT2D eigenvalue weighted by molar-refractivity contribution is 0.1000. The third-order valence-electron chi connectivity index (χ3n) is 2.14. The van der Waals surface area contributed by atoms with Crippen molar-refractivity contribution in [3.8, 4) is 0 Å². The van der Waals surface area contributed by atoms with Gasteiger partial charge in [-0.15, -0.1) is 0 Å². The number of carbonyl (C=O) groups is 1. The van der Waals surface area contributed by atoms with Crippen LogP contribution in [0.3, 0.4) is 0 Å². The fourth-order valence-corrected chi connectivity index (χ4v) is 1.22. The van der Waals surface area contributed by atoms with Crippen LogP contribution in [0.25, 0.3) is 0 Å². The summed E-state index contributed by atoms with van der Waals surface area (Å²) in [6, 6.07) is 4.13. The summed E-state index contributed by atoms with van der Waals surface area (Å²) in [6.45, 7) is 6.34. The van der Waals surface area contributed by atoms with Crippen molar-refractivity contribution in [2.75, 3.05) is 0 Å². The van der Waals surface area contributed by atoms with E-state index >= 15 is 0 Å². The topological polar surface area (TPSA) is 55.1 Å². The Hall–Kier alpha value is -1.42. The Kier molecular flexibility index (Phi) is 3.65. The van der Waals surface area contributed by atoms with Gasteiger partial charge in [0.1, 0.15) is 5.82 Å². The Balaban J connectivity index is 2.86. The normalized spacial score (nSPS) is 11.5. The predicted molar refractivity (Wildman–Crippen MR) is 61.5 cm³/mol. The Morgan fingerprint density at radius 3 is 2.56 bits per heavy atom. The first-order chi connectivity index (χ1) is 7.29. The van der Waals surface area contributed by atoms with Crippen molar-refractivity contribution in [3.05, 3.63) is 35.1 Å². The molecule has 0 aromatic heterocycles. The molecule has 0 atom stereocenters. The summed E-state index contributed by atoms with van der Waals surface area (Å²) in [5.74, 6) is -0.876. The van der Waals surface area contributed by atoms with Gasteiger partial charge in [-0.25, -0.2) is 4.39 Å². The minimum atomic E-state index is -0.544. The second-order valence-electron chi connectivity index (χ2n) is 4.77. The highest BCUT2D eigenvalue weighted by atomic mass is 19.1. The van der Waals surface area contributed by atoms with Gasteiger partial charge < -0.3 is 11.1 Å². The molecule has 1 aromatic carbocycles. The van der Waals surface area contributed by atoms with Crippen LogP contribution < -0.4 is 11.1 Å². The molecule has 16 heavy (non-hydrogen) atoms. The molecule has 1 rings (SSSR count). The molecular weight excluding hydrogens is 207 g/mol. The molecule has 0 saturated carbocycles. The summed E-state index contributed by atoms with van der Waals surface area (Å²) in [4.78, 5) is 10.9. The third kappa shape index (κ3) is 3.62. The number of carbonyl (C=O) groups excluding carboxylic acids is 1. The largest absolute Gasteiger partial charge is 0.366 e. The highest BCUT2D eigenvalue weighted by molar-refractivity contribution is 5.92. The zero-order valence-corrected chi connectivity index (χ0v) is 9.80. The summed E-state index contributed by atoms with van der Waals surface area (Å²) in [6.07, 6.45) is 0. The number of nitrogens with two attached hydrogens (primary N) is 1. The van der Waals surface area contributed by atoms with Crippen molar-refractivity contribution < 1.29 is 9.18 Å². The standard InChI is InChI=1S/C12H17FN2O/c1-12(2,3)15-7-9-6-8(11(14)16)4-5-10(9)13/h4-6,15H,7H2,1-3H3,(H2,14,16). The molecule has 0 aliphatic heterocycles. The smallest absolute Gasteiger partial charge is 0.248 e. The number of hydrogen-bond donors (Lipinski definition) is 2. The summed E-state index contributed by atoms with van der Waals surface area (Å²) >= 11 is 0. The molecule has 0 radical (unpaired) electrons. The molecule has 0 aliphatic rings. The van der Waals surface area contributed by atoms with Crippen LogP contribution >= 0.6 is 0 Å². The van der Waals surface area contributed by atoms with E-state index in [0.717, 1.165) is 0 Å². The van der Waals surface area contributed by atoms with Crippen LogP contribution in [0.2, 0.25) is 0 Å². The Morgan fingerprint density at radius 1 is 1.44 bits per heavy atom. The van der Waals surface area contributed by atoms with Gasteiger partial charge in [0.25, 0.3) is 0 Å². The highest BCUT2D eigenvalue weighted by Crippen LogP contribution is 2.11. The molecule has 0 spiro atoms. The summed E-state index contributed by atoms with van der Waals surface area (Å²) in [5.41, 5.74) is 5.81. The third-order valence-corrected chi connectivity index (χ3v) is 2.14. The summed E-state index contributed by atoms with van der Waals surface area (Å²) < 4.78 is 13.4. The number of rotatable bonds is 3. The van der Waals surface area contributed by atoms with Crippen LogP contribution in [0.15, 0.2) is 18.2 Å². The minimum Gasteiger partial charge on any atom is -0.366 e. The quantitative estimate of drug-likeness (QED) is 0.822. The molecule has 0 fully saturated rings. The lowest BCUT2D eigenvalue weighted by Gasteiger charge is -2.20. The first kappa shape index (κ1) is 12.6. The number of primary amides is 1. The van der Waals surface area contributed by atoms with Gasteiger partial charge in [-0.1, -0.05) is 0 Å². The molecule has 88 valence electrons. The van der Waals surface area contributed by atoms with E-state index in [1.807, 2.05) is 20.8 Å². The van der Waals surface area contributed by atoms with Crippen LogP contribution in [-0.2, 0) is 6.54 Å². The van der Waals surface area contributed by atoms with E-state index in [1.165, 1.54) is 18.2 Å². The van der Waals surface area contributed by atoms with E-state index in [9.17, 15) is 9.18 Å². The average molecular weight is 224 g/mol. The van der Waals surface area contributed by atoms with Gasteiger partial charge in [0.2, 0.25) is 5.91 Å². The highest BCUT2D eigenvalue weighted by Gasteiger charge is 2.12. The van der Waals surface area contributed by atoms with Crippen LogP contribution in [-0.4, -0.2) is 11.4 Å². The Labute approximate surface area is 94.8 Å². The number of nitrogens with one attached hydrogen (secondary N) is 1. The molecule has 0 aliphatic carbocycles. The molecule has 1 aromatic rings.